The number of hydrogen-bond acceptors (Lipinski definition) is 3. The predicted molar refractivity (Wildman–Crippen MR) is 106 cm³/mol. The number of halogens is 2. The van der Waals surface area contributed by atoms with Crippen LogP contribution in [-0.2, 0) is 11.3 Å². The van der Waals surface area contributed by atoms with Crippen LogP contribution in [-0.4, -0.2) is 21.5 Å². The van der Waals surface area contributed by atoms with E-state index in [2.05, 4.69) is 34.8 Å². The Labute approximate surface area is 161 Å². The Morgan fingerprint density at radius 2 is 2.04 bits per heavy atom. The predicted octanol–water partition coefficient (Wildman–Crippen LogP) is 3.59. The van der Waals surface area contributed by atoms with Crippen LogP contribution >= 0.6 is 24.8 Å². The van der Waals surface area contributed by atoms with Crippen molar-refractivity contribution in [2.75, 3.05) is 0 Å². The third-order valence-electron chi connectivity index (χ3n) is 4.79. The number of nitrogens with zero attached hydrogens (tertiary/aromatic N) is 2. The van der Waals surface area contributed by atoms with Crippen LogP contribution in [0.3, 0.4) is 0 Å². The maximum Gasteiger partial charge on any atom is 0.220 e. The number of hydrogen-bond donors (Lipinski definition) is 2. The van der Waals surface area contributed by atoms with E-state index in [-0.39, 0.29) is 36.8 Å². The third kappa shape index (κ3) is 4.87. The molecule has 1 fully saturated rings. The summed E-state index contributed by atoms with van der Waals surface area (Å²) in [5.41, 5.74) is 8.14. The van der Waals surface area contributed by atoms with Crippen molar-refractivity contribution in [1.82, 2.24) is 14.9 Å². The molecule has 0 unspecified atom stereocenters. The molecule has 1 aliphatic carbocycles. The zero-order valence-corrected chi connectivity index (χ0v) is 16.4. The summed E-state index contributed by atoms with van der Waals surface area (Å²) in [6.07, 6.45) is 3.78. The fourth-order valence-corrected chi connectivity index (χ4v) is 3.60. The number of carbonyl (C=O) groups excluding carboxylic acids is 1. The lowest BCUT2D eigenvalue weighted by Gasteiger charge is -2.16. The molecule has 25 heavy (non-hydrogen) atoms. The van der Waals surface area contributed by atoms with Gasteiger partial charge in [-0.1, -0.05) is 18.6 Å². The second kappa shape index (κ2) is 9.41. The van der Waals surface area contributed by atoms with Crippen molar-refractivity contribution in [2.45, 2.75) is 58.2 Å². The Morgan fingerprint density at radius 3 is 2.68 bits per heavy atom. The van der Waals surface area contributed by atoms with Gasteiger partial charge in [0.25, 0.3) is 0 Å². The highest BCUT2D eigenvalue weighted by atomic mass is 35.5. The highest BCUT2D eigenvalue weighted by Gasteiger charge is 2.26. The summed E-state index contributed by atoms with van der Waals surface area (Å²) in [5, 5.41) is 3.02. The van der Waals surface area contributed by atoms with Crippen molar-refractivity contribution in [3.8, 4) is 0 Å². The van der Waals surface area contributed by atoms with Gasteiger partial charge < -0.3 is 15.6 Å². The molecule has 0 radical (unpaired) electrons. The van der Waals surface area contributed by atoms with E-state index in [9.17, 15) is 4.79 Å². The van der Waals surface area contributed by atoms with Crippen LogP contribution < -0.4 is 11.1 Å². The summed E-state index contributed by atoms with van der Waals surface area (Å²) in [6, 6.07) is 8.58. The molecule has 0 bridgehead atoms. The summed E-state index contributed by atoms with van der Waals surface area (Å²) in [6.45, 7) is 4.74. The highest BCUT2D eigenvalue weighted by Crippen LogP contribution is 2.26. The van der Waals surface area contributed by atoms with Crippen molar-refractivity contribution < 1.29 is 4.79 Å². The van der Waals surface area contributed by atoms with E-state index in [0.29, 0.717) is 24.9 Å². The lowest BCUT2D eigenvalue weighted by molar-refractivity contribution is -0.122. The molecule has 0 saturated heterocycles. The first-order valence-electron chi connectivity index (χ1n) is 8.54. The fraction of sp³-hybridized carbons (Fsp3) is 0.556. The molecule has 1 aromatic carbocycles. The molecule has 3 N–H and O–H groups in total. The van der Waals surface area contributed by atoms with Crippen molar-refractivity contribution in [1.29, 1.82) is 0 Å². The first-order valence-corrected chi connectivity index (χ1v) is 8.54. The van der Waals surface area contributed by atoms with E-state index in [1.807, 2.05) is 18.2 Å². The topological polar surface area (TPSA) is 72.9 Å². The molecular formula is C18H28Cl2N4O. The Morgan fingerprint density at radius 1 is 1.32 bits per heavy atom. The van der Waals surface area contributed by atoms with Crippen molar-refractivity contribution >= 4 is 41.8 Å². The van der Waals surface area contributed by atoms with E-state index in [1.54, 1.807) is 0 Å². The molecule has 7 heteroatoms. The molecule has 1 aromatic heterocycles. The molecule has 1 heterocycles. The van der Waals surface area contributed by atoms with Gasteiger partial charge in [-0.25, -0.2) is 4.98 Å². The lowest BCUT2D eigenvalue weighted by Crippen LogP contribution is -2.32. The van der Waals surface area contributed by atoms with Gasteiger partial charge in [0, 0.05) is 18.5 Å². The van der Waals surface area contributed by atoms with Crippen LogP contribution in [0.25, 0.3) is 11.0 Å². The average molecular weight is 387 g/mol. The molecule has 3 rings (SSSR count). The molecular weight excluding hydrogens is 359 g/mol. The number of rotatable bonds is 5. The third-order valence-corrected chi connectivity index (χ3v) is 4.79. The standard InChI is InChI=1S/C18H26N4O.2ClH/c1-12(2)22-16-9-4-3-8-15(16)21-17(22)11-20-18(23)10-13-6-5-7-14(13)19;;/h3-4,8-9,12-14H,5-7,10-11,19H2,1-2H3,(H,20,23);2*1H/t13-,14+;;/m0../s1. The molecule has 0 spiro atoms. The largest absolute Gasteiger partial charge is 0.349 e. The molecule has 5 nitrogen and oxygen atoms in total. The van der Waals surface area contributed by atoms with E-state index in [4.69, 9.17) is 5.73 Å². The van der Waals surface area contributed by atoms with Crippen LogP contribution in [0.5, 0.6) is 0 Å². The summed E-state index contributed by atoms with van der Waals surface area (Å²) < 4.78 is 2.19. The number of nitrogens with one attached hydrogen (secondary N) is 1. The van der Waals surface area contributed by atoms with Gasteiger partial charge >= 0.3 is 0 Å². The van der Waals surface area contributed by atoms with E-state index < -0.39 is 0 Å². The minimum atomic E-state index is 0. The number of carbonyl (C=O) groups is 1. The molecule has 1 aliphatic rings. The number of nitrogens with two attached hydrogens (primary N) is 1. The van der Waals surface area contributed by atoms with Gasteiger partial charge in [0.1, 0.15) is 5.82 Å². The zero-order valence-electron chi connectivity index (χ0n) is 14.8. The molecule has 140 valence electrons. The maximum absolute atomic E-state index is 12.2. The number of amides is 1. The highest BCUT2D eigenvalue weighted by molar-refractivity contribution is 5.85. The molecule has 1 amide bonds. The summed E-state index contributed by atoms with van der Waals surface area (Å²) in [7, 11) is 0. The van der Waals surface area contributed by atoms with Gasteiger partial charge in [-0.05, 0) is 44.7 Å². The van der Waals surface area contributed by atoms with Gasteiger partial charge in [-0.2, -0.15) is 0 Å². The zero-order chi connectivity index (χ0) is 16.4. The van der Waals surface area contributed by atoms with Crippen LogP contribution in [0, 0.1) is 5.92 Å². The number of para-hydroxylation sites is 2. The van der Waals surface area contributed by atoms with Crippen LogP contribution in [0.2, 0.25) is 0 Å². The average Bonchev–Trinajstić information content (AvgIpc) is 3.08. The quantitative estimate of drug-likeness (QED) is 0.824. The van der Waals surface area contributed by atoms with Crippen LogP contribution in [0.15, 0.2) is 24.3 Å². The van der Waals surface area contributed by atoms with Crippen molar-refractivity contribution in [3.05, 3.63) is 30.1 Å². The molecule has 2 atom stereocenters. The fourth-order valence-electron chi connectivity index (χ4n) is 3.60. The number of imidazole rings is 1. The van der Waals surface area contributed by atoms with Crippen LogP contribution in [0.1, 0.15) is 51.4 Å². The smallest absolute Gasteiger partial charge is 0.220 e. The minimum Gasteiger partial charge on any atom is -0.349 e. The molecule has 0 aliphatic heterocycles. The van der Waals surface area contributed by atoms with Crippen molar-refractivity contribution in [3.63, 3.8) is 0 Å². The van der Waals surface area contributed by atoms with E-state index in [1.165, 1.54) is 0 Å². The Balaban J connectivity index is 0.00000156. The molecule has 1 saturated carbocycles. The first-order chi connectivity index (χ1) is 11.1. The summed E-state index contributed by atoms with van der Waals surface area (Å²) >= 11 is 0. The van der Waals surface area contributed by atoms with Gasteiger partial charge in [0.15, 0.2) is 0 Å². The van der Waals surface area contributed by atoms with E-state index in [0.717, 1.165) is 36.1 Å². The summed E-state index contributed by atoms with van der Waals surface area (Å²) in [4.78, 5) is 16.9. The maximum atomic E-state index is 12.2. The molecule has 2 aromatic rings. The lowest BCUT2D eigenvalue weighted by atomic mass is 10.00. The van der Waals surface area contributed by atoms with Gasteiger partial charge in [0.2, 0.25) is 5.91 Å². The minimum absolute atomic E-state index is 0. The van der Waals surface area contributed by atoms with Crippen molar-refractivity contribution in [2.24, 2.45) is 11.7 Å². The van der Waals surface area contributed by atoms with Gasteiger partial charge in [-0.3, -0.25) is 4.79 Å². The van der Waals surface area contributed by atoms with Gasteiger partial charge in [0.05, 0.1) is 17.6 Å². The second-order valence-corrected chi connectivity index (χ2v) is 6.82. The summed E-state index contributed by atoms with van der Waals surface area (Å²) in [5.74, 6) is 1.32. The Hall–Kier alpha value is -1.30. The SMILES string of the molecule is CC(C)n1c(CNC(=O)C[C@@H]2CCC[C@H]2N)nc2ccccc21.Cl.Cl. The van der Waals surface area contributed by atoms with E-state index >= 15 is 0 Å². The first kappa shape index (κ1) is 21.7. The Kier molecular flexibility index (Phi) is 8.19. The number of fused-ring (bicyclic) bond motifs is 1. The number of benzene rings is 1. The normalized spacial score (nSPS) is 19.5. The second-order valence-electron chi connectivity index (χ2n) is 6.82. The monoisotopic (exact) mass is 386 g/mol. The number of aromatic nitrogens is 2. The Bertz CT molecular complexity index is 701. The van der Waals surface area contributed by atoms with Crippen LogP contribution in [0.4, 0.5) is 0 Å². The van der Waals surface area contributed by atoms with Gasteiger partial charge in [-0.15, -0.1) is 24.8 Å².